The first kappa shape index (κ1) is 25.2. The number of rotatable bonds is 4. The maximum Gasteiger partial charge on any atom is 0.264 e. The third-order valence-corrected chi connectivity index (χ3v) is 8.19. The van der Waals surface area contributed by atoms with Crippen LogP contribution in [0.5, 0.6) is 0 Å². The minimum absolute atomic E-state index is 0.0692. The molecule has 4 aliphatic rings. The topological polar surface area (TPSA) is 44.6 Å². The zero-order valence-electron chi connectivity index (χ0n) is 22.1. The van der Waals surface area contributed by atoms with E-state index in [4.69, 9.17) is 5.10 Å². The standard InChI is InChI=1S/C26H33F2N5O.C2H6/c1-16-12-18-4-3-9-32(24(18)13-21(16)25(27)28)26-22-15-30(17(2)34)11-8-23(22)33(29-26)20-7-10-31(14-20)19-5-6-19;1-2/h12-13,19-20,25H,3-11,14-15H2,1-2H3;1-2H3. The average molecular weight is 500 g/mol. The number of alkyl halides is 2. The van der Waals surface area contributed by atoms with Crippen LogP contribution in [-0.4, -0.2) is 57.7 Å². The molecule has 2 aromatic rings. The second kappa shape index (κ2) is 10.1. The smallest absolute Gasteiger partial charge is 0.264 e. The lowest BCUT2D eigenvalue weighted by atomic mass is 9.95. The molecule has 0 spiro atoms. The highest BCUT2D eigenvalue weighted by atomic mass is 19.3. The maximum absolute atomic E-state index is 13.8. The molecule has 0 radical (unpaired) electrons. The van der Waals surface area contributed by atoms with Crippen LogP contribution in [0.2, 0.25) is 0 Å². The number of hydrogen-bond donors (Lipinski definition) is 0. The fraction of sp³-hybridized carbons (Fsp3) is 0.643. The SMILES string of the molecule is CC.CC(=O)N1CCc2c(c(N3CCCc4cc(C)c(C(F)F)cc43)nn2C2CCN(C3CC3)C2)C1. The Labute approximate surface area is 213 Å². The molecule has 8 heteroatoms. The molecule has 0 N–H and O–H groups in total. The zero-order valence-corrected chi connectivity index (χ0v) is 22.1. The molecule has 1 aromatic carbocycles. The number of anilines is 2. The van der Waals surface area contributed by atoms with Crippen molar-refractivity contribution < 1.29 is 13.6 Å². The van der Waals surface area contributed by atoms with Crippen molar-refractivity contribution in [3.05, 3.63) is 40.1 Å². The summed E-state index contributed by atoms with van der Waals surface area (Å²) in [7, 11) is 0. The first-order valence-electron chi connectivity index (χ1n) is 13.7. The van der Waals surface area contributed by atoms with Gasteiger partial charge in [0.25, 0.3) is 6.43 Å². The van der Waals surface area contributed by atoms with E-state index in [0.29, 0.717) is 24.7 Å². The average Bonchev–Trinajstić information content (AvgIpc) is 3.49. The predicted octanol–water partition coefficient (Wildman–Crippen LogP) is 5.55. The lowest BCUT2D eigenvalue weighted by molar-refractivity contribution is -0.129. The van der Waals surface area contributed by atoms with E-state index in [1.807, 2.05) is 24.8 Å². The van der Waals surface area contributed by atoms with Crippen LogP contribution < -0.4 is 4.90 Å². The van der Waals surface area contributed by atoms with Crippen molar-refractivity contribution in [2.24, 2.45) is 0 Å². The normalized spacial score (nSPS) is 21.8. The molecule has 1 aliphatic carbocycles. The van der Waals surface area contributed by atoms with E-state index in [2.05, 4.69) is 14.5 Å². The number of carbonyl (C=O) groups excluding carboxylic acids is 1. The molecule has 1 aromatic heterocycles. The van der Waals surface area contributed by atoms with Crippen molar-refractivity contribution >= 4 is 17.4 Å². The Hall–Kier alpha value is -2.48. The van der Waals surface area contributed by atoms with E-state index in [1.54, 1.807) is 19.9 Å². The number of nitrogens with zero attached hydrogens (tertiary/aromatic N) is 5. The molecule has 1 saturated carbocycles. The number of amides is 1. The van der Waals surface area contributed by atoms with Gasteiger partial charge in [-0.25, -0.2) is 8.78 Å². The number of aryl methyl sites for hydroxylation is 2. The van der Waals surface area contributed by atoms with Crippen LogP contribution in [0, 0.1) is 6.92 Å². The summed E-state index contributed by atoms with van der Waals surface area (Å²) in [5.41, 5.74) is 5.03. The van der Waals surface area contributed by atoms with Crippen LogP contribution in [0.1, 0.15) is 86.9 Å². The quantitative estimate of drug-likeness (QED) is 0.553. The van der Waals surface area contributed by atoms with Gasteiger partial charge in [-0.1, -0.05) is 19.9 Å². The summed E-state index contributed by atoms with van der Waals surface area (Å²) < 4.78 is 29.8. The number of aromatic nitrogens is 2. The van der Waals surface area contributed by atoms with Crippen LogP contribution in [0.25, 0.3) is 0 Å². The molecule has 4 heterocycles. The summed E-state index contributed by atoms with van der Waals surface area (Å²) in [6.07, 6.45) is 3.83. The van der Waals surface area contributed by atoms with Gasteiger partial charge in [0.05, 0.1) is 12.6 Å². The Morgan fingerprint density at radius 2 is 1.83 bits per heavy atom. The van der Waals surface area contributed by atoms with Crippen LogP contribution in [0.15, 0.2) is 12.1 Å². The fourth-order valence-corrected chi connectivity index (χ4v) is 6.18. The lowest BCUT2D eigenvalue weighted by Crippen LogP contribution is -2.36. The van der Waals surface area contributed by atoms with Crippen molar-refractivity contribution in [3.63, 3.8) is 0 Å². The number of benzene rings is 1. The van der Waals surface area contributed by atoms with E-state index in [1.165, 1.54) is 18.5 Å². The van der Waals surface area contributed by atoms with Crippen LogP contribution in [-0.2, 0) is 24.2 Å². The molecule has 1 amide bonds. The van der Waals surface area contributed by atoms with Gasteiger partial charge in [-0.2, -0.15) is 5.10 Å². The van der Waals surface area contributed by atoms with Crippen molar-refractivity contribution in [1.82, 2.24) is 19.6 Å². The van der Waals surface area contributed by atoms with Gasteiger partial charge in [-0.3, -0.25) is 14.4 Å². The molecular formula is C28H39F2N5O. The Bertz CT molecular complexity index is 1130. The van der Waals surface area contributed by atoms with Crippen LogP contribution in [0.3, 0.4) is 0 Å². The monoisotopic (exact) mass is 499 g/mol. The van der Waals surface area contributed by atoms with Gasteiger partial charge in [0, 0.05) is 68.1 Å². The third kappa shape index (κ3) is 4.53. The highest BCUT2D eigenvalue weighted by Crippen LogP contribution is 2.42. The first-order chi connectivity index (χ1) is 17.4. The molecule has 3 aliphatic heterocycles. The number of likely N-dealkylation sites (tertiary alicyclic amines) is 1. The molecular weight excluding hydrogens is 460 g/mol. The summed E-state index contributed by atoms with van der Waals surface area (Å²) in [4.78, 5) is 18.9. The van der Waals surface area contributed by atoms with Gasteiger partial charge in [-0.05, 0) is 56.2 Å². The van der Waals surface area contributed by atoms with E-state index in [0.717, 1.165) is 74.0 Å². The van der Waals surface area contributed by atoms with E-state index < -0.39 is 6.43 Å². The first-order valence-corrected chi connectivity index (χ1v) is 13.7. The van der Waals surface area contributed by atoms with Crippen molar-refractivity contribution in [3.8, 4) is 0 Å². The van der Waals surface area contributed by atoms with Gasteiger partial charge in [0.1, 0.15) is 0 Å². The maximum atomic E-state index is 13.8. The second-order valence-corrected chi connectivity index (χ2v) is 10.4. The van der Waals surface area contributed by atoms with Gasteiger partial charge in [-0.15, -0.1) is 0 Å². The van der Waals surface area contributed by atoms with Crippen molar-refractivity contribution in [2.45, 2.75) is 91.3 Å². The molecule has 1 unspecified atom stereocenters. The fourth-order valence-electron chi connectivity index (χ4n) is 6.18. The summed E-state index contributed by atoms with van der Waals surface area (Å²) in [6, 6.07) is 4.69. The summed E-state index contributed by atoms with van der Waals surface area (Å²) >= 11 is 0. The summed E-state index contributed by atoms with van der Waals surface area (Å²) in [5.74, 6) is 0.927. The minimum atomic E-state index is -2.50. The van der Waals surface area contributed by atoms with E-state index in [-0.39, 0.29) is 11.5 Å². The Kier molecular flexibility index (Phi) is 7.07. The number of halogens is 2. The van der Waals surface area contributed by atoms with E-state index >= 15 is 0 Å². The van der Waals surface area contributed by atoms with Crippen LogP contribution >= 0.6 is 0 Å². The number of fused-ring (bicyclic) bond motifs is 2. The highest BCUT2D eigenvalue weighted by molar-refractivity contribution is 5.75. The van der Waals surface area contributed by atoms with Crippen LogP contribution in [0.4, 0.5) is 20.3 Å². The zero-order chi connectivity index (χ0) is 25.6. The molecule has 0 bridgehead atoms. The van der Waals surface area contributed by atoms with Gasteiger partial charge < -0.3 is 9.80 Å². The van der Waals surface area contributed by atoms with Crippen molar-refractivity contribution in [2.75, 3.05) is 31.1 Å². The molecule has 2 fully saturated rings. The Morgan fingerprint density at radius 3 is 2.53 bits per heavy atom. The summed E-state index contributed by atoms with van der Waals surface area (Å²) in [5, 5.41) is 5.19. The van der Waals surface area contributed by atoms with Gasteiger partial charge in [0.2, 0.25) is 5.91 Å². The second-order valence-electron chi connectivity index (χ2n) is 10.4. The highest BCUT2D eigenvalue weighted by Gasteiger charge is 2.38. The van der Waals surface area contributed by atoms with Gasteiger partial charge in [0.15, 0.2) is 5.82 Å². The Morgan fingerprint density at radius 1 is 1.06 bits per heavy atom. The third-order valence-electron chi connectivity index (χ3n) is 8.19. The van der Waals surface area contributed by atoms with Gasteiger partial charge >= 0.3 is 0 Å². The van der Waals surface area contributed by atoms with E-state index in [9.17, 15) is 13.6 Å². The molecule has 1 saturated heterocycles. The lowest BCUT2D eigenvalue weighted by Gasteiger charge is -2.33. The molecule has 196 valence electrons. The summed E-state index contributed by atoms with van der Waals surface area (Å²) in [6.45, 7) is 11.5. The van der Waals surface area contributed by atoms with Crippen molar-refractivity contribution in [1.29, 1.82) is 0 Å². The molecule has 1 atom stereocenters. The minimum Gasteiger partial charge on any atom is -0.338 e. The number of carbonyl (C=O) groups is 1. The molecule has 6 nitrogen and oxygen atoms in total. The molecule has 6 rings (SSSR count). The predicted molar refractivity (Wildman–Crippen MR) is 138 cm³/mol. The molecule has 36 heavy (non-hydrogen) atoms. The number of hydrogen-bond acceptors (Lipinski definition) is 4. The largest absolute Gasteiger partial charge is 0.338 e. The Balaban J connectivity index is 0.00000130.